The van der Waals surface area contributed by atoms with Crippen molar-refractivity contribution in [3.05, 3.63) is 11.1 Å². The van der Waals surface area contributed by atoms with Crippen molar-refractivity contribution < 1.29 is 26.8 Å². The van der Waals surface area contributed by atoms with Gasteiger partial charge in [-0.2, -0.15) is 13.5 Å². The maximum atomic E-state index is 12.4. The molecule has 1 aromatic heterocycles. The molecule has 2 rings (SSSR count). The molecule has 0 aliphatic carbocycles. The molecule has 10 nitrogen and oxygen atoms in total. The number of hydrogen-bond donors (Lipinski definition) is 2. The molecule has 2 heterocycles. The molecule has 132 valence electrons. The molecule has 1 unspecified atom stereocenters. The SMILES string of the molecule is CN=C(C(=O)CC1C(=O)N(OS(=O)(=O)O)C1(C)C)c1csc(N)n1. The van der Waals surface area contributed by atoms with Crippen LogP contribution in [0.4, 0.5) is 5.13 Å². The Morgan fingerprint density at radius 1 is 1.58 bits per heavy atom. The number of thiazole rings is 1. The van der Waals surface area contributed by atoms with E-state index in [1.54, 1.807) is 5.38 Å². The van der Waals surface area contributed by atoms with Crippen LogP contribution in [0.15, 0.2) is 10.4 Å². The van der Waals surface area contributed by atoms with Crippen LogP contribution < -0.4 is 5.73 Å². The minimum absolute atomic E-state index is 0.0840. The molecule has 0 aromatic carbocycles. The van der Waals surface area contributed by atoms with Crippen LogP contribution in [0.1, 0.15) is 26.0 Å². The second kappa shape index (κ2) is 6.20. The van der Waals surface area contributed by atoms with Gasteiger partial charge in [-0.05, 0) is 13.8 Å². The topological polar surface area (TPSA) is 152 Å². The highest BCUT2D eigenvalue weighted by Crippen LogP contribution is 2.40. The first-order valence-electron chi connectivity index (χ1n) is 6.69. The normalized spacial score (nSPS) is 20.8. The van der Waals surface area contributed by atoms with Crippen molar-refractivity contribution in [3.63, 3.8) is 0 Å². The van der Waals surface area contributed by atoms with Crippen LogP contribution in [0.25, 0.3) is 0 Å². The maximum Gasteiger partial charge on any atom is 0.418 e. The highest BCUT2D eigenvalue weighted by atomic mass is 32.3. The lowest BCUT2D eigenvalue weighted by atomic mass is 9.74. The monoisotopic (exact) mass is 376 g/mol. The summed E-state index contributed by atoms with van der Waals surface area (Å²) in [6.45, 7) is 3.03. The van der Waals surface area contributed by atoms with Crippen molar-refractivity contribution in [2.24, 2.45) is 10.9 Å². The van der Waals surface area contributed by atoms with Gasteiger partial charge in [-0.15, -0.1) is 15.6 Å². The van der Waals surface area contributed by atoms with E-state index >= 15 is 0 Å². The summed E-state index contributed by atoms with van der Waals surface area (Å²) in [5.41, 5.74) is 4.84. The molecule has 0 saturated carbocycles. The summed E-state index contributed by atoms with van der Waals surface area (Å²) < 4.78 is 34.5. The fraction of sp³-hybridized carbons (Fsp3) is 0.500. The van der Waals surface area contributed by atoms with E-state index < -0.39 is 33.5 Å². The number of carbonyl (C=O) groups is 2. The minimum Gasteiger partial charge on any atom is -0.375 e. The van der Waals surface area contributed by atoms with E-state index in [2.05, 4.69) is 14.3 Å². The lowest BCUT2D eigenvalue weighted by Crippen LogP contribution is -2.68. The number of ketones is 1. The van der Waals surface area contributed by atoms with Crippen LogP contribution in [0.5, 0.6) is 0 Å². The molecular weight excluding hydrogens is 360 g/mol. The molecule has 12 heteroatoms. The third kappa shape index (κ3) is 3.45. The van der Waals surface area contributed by atoms with Crippen molar-refractivity contribution in [1.29, 1.82) is 0 Å². The summed E-state index contributed by atoms with van der Waals surface area (Å²) >= 11 is 1.16. The van der Waals surface area contributed by atoms with E-state index in [4.69, 9.17) is 10.3 Å². The predicted octanol–water partition coefficient (Wildman–Crippen LogP) is 0.0748. The fourth-order valence-corrected chi connectivity index (χ4v) is 3.43. The Labute approximate surface area is 142 Å². The number of aliphatic imine (C=N–C) groups is 1. The van der Waals surface area contributed by atoms with Gasteiger partial charge in [-0.3, -0.25) is 19.1 Å². The van der Waals surface area contributed by atoms with Crippen LogP contribution in [0.2, 0.25) is 0 Å². The molecule has 1 aromatic rings. The molecule has 1 aliphatic heterocycles. The van der Waals surface area contributed by atoms with E-state index in [0.717, 1.165) is 11.3 Å². The first kappa shape index (κ1) is 18.4. The molecule has 1 amide bonds. The molecule has 0 spiro atoms. The number of nitrogens with zero attached hydrogens (tertiary/aromatic N) is 3. The third-order valence-corrected chi connectivity index (χ3v) is 4.70. The van der Waals surface area contributed by atoms with Gasteiger partial charge in [0.2, 0.25) is 0 Å². The molecule has 0 bridgehead atoms. The number of amides is 1. The van der Waals surface area contributed by atoms with Crippen molar-refractivity contribution in [3.8, 4) is 0 Å². The summed E-state index contributed by atoms with van der Waals surface area (Å²) in [6.07, 6.45) is -0.207. The van der Waals surface area contributed by atoms with Crippen molar-refractivity contribution in [1.82, 2.24) is 10.0 Å². The Hall–Kier alpha value is -1.89. The van der Waals surface area contributed by atoms with Crippen molar-refractivity contribution >= 4 is 44.3 Å². The number of β-lactam (4-membered cyclic amide) rings is 1. The molecule has 1 aliphatic rings. The molecule has 0 radical (unpaired) electrons. The number of anilines is 1. The number of carbonyl (C=O) groups excluding carboxylic acids is 2. The van der Waals surface area contributed by atoms with Gasteiger partial charge in [0.1, 0.15) is 11.4 Å². The zero-order chi connectivity index (χ0) is 18.3. The van der Waals surface area contributed by atoms with Crippen LogP contribution in [0, 0.1) is 5.92 Å². The second-order valence-electron chi connectivity index (χ2n) is 5.61. The number of Topliss-reactive ketones (excluding diaryl/α,β-unsaturated/α-hetero) is 1. The fourth-order valence-electron chi connectivity index (χ4n) is 2.43. The Balaban J connectivity index is 2.14. The predicted molar refractivity (Wildman–Crippen MR) is 85.7 cm³/mol. The van der Waals surface area contributed by atoms with Gasteiger partial charge in [0.05, 0.1) is 11.5 Å². The highest BCUT2D eigenvalue weighted by molar-refractivity contribution is 7.80. The van der Waals surface area contributed by atoms with E-state index in [1.807, 2.05) is 0 Å². The summed E-state index contributed by atoms with van der Waals surface area (Å²) in [5.74, 6) is -1.97. The van der Waals surface area contributed by atoms with Gasteiger partial charge in [-0.1, -0.05) is 0 Å². The average molecular weight is 376 g/mol. The highest BCUT2D eigenvalue weighted by Gasteiger charge is 2.57. The van der Waals surface area contributed by atoms with Crippen LogP contribution in [-0.2, 0) is 24.3 Å². The molecule has 1 saturated heterocycles. The van der Waals surface area contributed by atoms with Gasteiger partial charge in [-0.25, -0.2) is 4.98 Å². The first-order valence-corrected chi connectivity index (χ1v) is 8.94. The summed E-state index contributed by atoms with van der Waals surface area (Å²) in [4.78, 5) is 32.4. The molecule has 1 fully saturated rings. The largest absolute Gasteiger partial charge is 0.418 e. The third-order valence-electron chi connectivity index (χ3n) is 3.68. The number of rotatable bonds is 6. The lowest BCUT2D eigenvalue weighted by Gasteiger charge is -2.50. The van der Waals surface area contributed by atoms with E-state index in [0.29, 0.717) is 10.8 Å². The molecule has 3 N–H and O–H groups in total. The summed E-state index contributed by atoms with van der Waals surface area (Å²) in [6, 6.07) is 0. The molecule has 1 atom stereocenters. The molecular formula is C12H16N4O6S2. The van der Waals surface area contributed by atoms with Gasteiger partial charge in [0.15, 0.2) is 10.9 Å². The Morgan fingerprint density at radius 2 is 2.21 bits per heavy atom. The number of nitrogens with two attached hydrogens (primary N) is 1. The smallest absolute Gasteiger partial charge is 0.375 e. The van der Waals surface area contributed by atoms with Gasteiger partial charge >= 0.3 is 10.4 Å². The first-order chi connectivity index (χ1) is 11.0. The average Bonchev–Trinajstić information content (AvgIpc) is 2.88. The van der Waals surface area contributed by atoms with Gasteiger partial charge < -0.3 is 5.73 Å². The van der Waals surface area contributed by atoms with Gasteiger partial charge in [0.25, 0.3) is 5.91 Å². The van der Waals surface area contributed by atoms with E-state index in [1.165, 1.54) is 20.9 Å². The van der Waals surface area contributed by atoms with Crippen molar-refractivity contribution in [2.75, 3.05) is 12.8 Å². The second-order valence-corrected chi connectivity index (χ2v) is 7.51. The van der Waals surface area contributed by atoms with Crippen molar-refractivity contribution in [2.45, 2.75) is 25.8 Å². The quantitative estimate of drug-likeness (QED) is 0.402. The van der Waals surface area contributed by atoms with E-state index in [9.17, 15) is 18.0 Å². The van der Waals surface area contributed by atoms with Gasteiger partial charge in [0, 0.05) is 18.8 Å². The summed E-state index contributed by atoms with van der Waals surface area (Å²) in [7, 11) is -3.41. The standard InChI is InChI=1S/C12H16N4O6S2/c1-12(2)6(10(18)16(12)22-24(19,20)21)4-8(17)9(14-3)7-5-23-11(13)15-7/h5-6H,4H2,1-3H3,(H2,13,15)(H,19,20,21). The molecule has 24 heavy (non-hydrogen) atoms. The van der Waals surface area contributed by atoms with Crippen LogP contribution in [0.3, 0.4) is 0 Å². The minimum atomic E-state index is -4.83. The number of hydrogen-bond acceptors (Lipinski definition) is 9. The number of hydroxylamine groups is 2. The van der Waals surface area contributed by atoms with Crippen LogP contribution >= 0.6 is 11.3 Å². The lowest BCUT2D eigenvalue weighted by molar-refractivity contribution is -0.228. The number of nitrogen functional groups attached to an aromatic ring is 1. The Morgan fingerprint density at radius 3 is 2.62 bits per heavy atom. The Kier molecular flexibility index (Phi) is 4.77. The maximum absolute atomic E-state index is 12.4. The summed E-state index contributed by atoms with van der Waals surface area (Å²) in [5, 5.41) is 2.40. The Bertz CT molecular complexity index is 813. The zero-order valence-electron chi connectivity index (χ0n) is 13.1. The van der Waals surface area contributed by atoms with E-state index in [-0.39, 0.29) is 17.3 Å². The number of aromatic nitrogens is 1. The van der Waals surface area contributed by atoms with Crippen LogP contribution in [-0.4, -0.2) is 53.0 Å². The zero-order valence-corrected chi connectivity index (χ0v) is 14.7.